The molecule has 0 bridgehead atoms. The maximum absolute atomic E-state index is 5.71. The molecule has 0 aromatic heterocycles. The number of para-hydroxylation sites is 1. The van der Waals surface area contributed by atoms with Crippen molar-refractivity contribution < 1.29 is 9.47 Å². The first-order chi connectivity index (χ1) is 7.33. The number of benzene rings is 1. The fraction of sp³-hybridized carbons (Fsp3) is 0.455. The number of ether oxygens (including phenoxy) is 2. The predicted molar refractivity (Wildman–Crippen MR) is 69.5 cm³/mol. The number of alkyl halides is 1. The number of hydrogen-bond donors (Lipinski definition) is 0. The number of hydrogen-bond acceptors (Lipinski definition) is 3. The molecule has 0 atom stereocenters. The van der Waals surface area contributed by atoms with Gasteiger partial charge in [-0.15, -0.1) is 0 Å². The number of thioether (sulfide) groups is 1. The van der Waals surface area contributed by atoms with E-state index in [1.165, 1.54) is 0 Å². The second kappa shape index (κ2) is 7.01. The van der Waals surface area contributed by atoms with Gasteiger partial charge in [-0.05, 0) is 12.3 Å². The summed E-state index contributed by atoms with van der Waals surface area (Å²) in [6, 6.07) is 5.92. The first-order valence-electron chi connectivity index (χ1n) is 4.67. The number of methoxy groups -OCH3 is 1. The SMILES string of the molecule is COc1cccc(CBr)c1OCCSC. The quantitative estimate of drug-likeness (QED) is 0.591. The Bertz CT molecular complexity index is 282. The molecule has 4 heteroatoms. The van der Waals surface area contributed by atoms with E-state index in [4.69, 9.17) is 9.47 Å². The van der Waals surface area contributed by atoms with E-state index in [2.05, 4.69) is 22.2 Å². The van der Waals surface area contributed by atoms with Crippen LogP contribution >= 0.6 is 27.7 Å². The second-order valence-corrected chi connectivity index (χ2v) is 4.47. The summed E-state index contributed by atoms with van der Waals surface area (Å²) in [5.41, 5.74) is 1.12. The molecular formula is C11H15BrO2S. The molecule has 1 aromatic carbocycles. The highest BCUT2D eigenvalue weighted by molar-refractivity contribution is 9.08. The van der Waals surface area contributed by atoms with Crippen LogP contribution in [0, 0.1) is 0 Å². The third-order valence-corrected chi connectivity index (χ3v) is 3.14. The summed E-state index contributed by atoms with van der Waals surface area (Å²) in [4.78, 5) is 0. The zero-order chi connectivity index (χ0) is 11.1. The Hall–Kier alpha value is -0.350. The number of rotatable bonds is 6. The molecule has 0 spiro atoms. The van der Waals surface area contributed by atoms with Crippen molar-refractivity contribution in [3.8, 4) is 11.5 Å². The summed E-state index contributed by atoms with van der Waals surface area (Å²) < 4.78 is 11.0. The van der Waals surface area contributed by atoms with E-state index >= 15 is 0 Å². The van der Waals surface area contributed by atoms with E-state index in [0.717, 1.165) is 28.1 Å². The van der Waals surface area contributed by atoms with Crippen LogP contribution in [0.2, 0.25) is 0 Å². The van der Waals surface area contributed by atoms with Gasteiger partial charge in [0, 0.05) is 16.6 Å². The van der Waals surface area contributed by atoms with Crippen LogP contribution in [0.4, 0.5) is 0 Å². The summed E-state index contributed by atoms with van der Waals surface area (Å²) in [5, 5.41) is 0.777. The lowest BCUT2D eigenvalue weighted by molar-refractivity contribution is 0.311. The Balaban J connectivity index is 2.80. The minimum absolute atomic E-state index is 0.710. The molecule has 0 unspecified atom stereocenters. The largest absolute Gasteiger partial charge is 0.493 e. The third-order valence-electron chi connectivity index (χ3n) is 1.96. The Morgan fingerprint density at radius 3 is 2.80 bits per heavy atom. The lowest BCUT2D eigenvalue weighted by Gasteiger charge is -2.13. The summed E-state index contributed by atoms with van der Waals surface area (Å²) >= 11 is 5.21. The molecule has 0 aliphatic heterocycles. The lowest BCUT2D eigenvalue weighted by Crippen LogP contribution is -2.03. The van der Waals surface area contributed by atoms with Gasteiger partial charge in [-0.1, -0.05) is 28.1 Å². The first-order valence-corrected chi connectivity index (χ1v) is 7.18. The highest BCUT2D eigenvalue weighted by Crippen LogP contribution is 2.32. The van der Waals surface area contributed by atoms with Gasteiger partial charge in [0.25, 0.3) is 0 Å². The van der Waals surface area contributed by atoms with Crippen molar-refractivity contribution in [3.05, 3.63) is 23.8 Å². The molecule has 0 N–H and O–H groups in total. The Labute approximate surface area is 103 Å². The van der Waals surface area contributed by atoms with Crippen LogP contribution in [-0.4, -0.2) is 25.7 Å². The van der Waals surface area contributed by atoms with E-state index in [1.807, 2.05) is 18.2 Å². The van der Waals surface area contributed by atoms with Crippen LogP contribution in [0.25, 0.3) is 0 Å². The van der Waals surface area contributed by atoms with E-state index in [9.17, 15) is 0 Å². The highest BCUT2D eigenvalue weighted by Gasteiger charge is 2.08. The zero-order valence-electron chi connectivity index (χ0n) is 8.96. The molecule has 1 rings (SSSR count). The minimum Gasteiger partial charge on any atom is -0.493 e. The van der Waals surface area contributed by atoms with Crippen LogP contribution in [0.1, 0.15) is 5.56 Å². The molecule has 0 saturated carbocycles. The van der Waals surface area contributed by atoms with E-state index in [-0.39, 0.29) is 0 Å². The first kappa shape index (κ1) is 12.7. The average molecular weight is 291 g/mol. The van der Waals surface area contributed by atoms with Gasteiger partial charge < -0.3 is 9.47 Å². The third kappa shape index (κ3) is 3.61. The van der Waals surface area contributed by atoms with Crippen molar-refractivity contribution in [2.75, 3.05) is 25.7 Å². The summed E-state index contributed by atoms with van der Waals surface area (Å²) in [6.07, 6.45) is 2.07. The molecule has 2 nitrogen and oxygen atoms in total. The minimum atomic E-state index is 0.710. The van der Waals surface area contributed by atoms with Gasteiger partial charge in [0.05, 0.1) is 13.7 Å². The fourth-order valence-corrected chi connectivity index (χ4v) is 1.91. The molecule has 0 fully saturated rings. The van der Waals surface area contributed by atoms with Gasteiger partial charge in [0.15, 0.2) is 11.5 Å². The average Bonchev–Trinajstić information content (AvgIpc) is 2.29. The molecule has 15 heavy (non-hydrogen) atoms. The van der Waals surface area contributed by atoms with Gasteiger partial charge in [0.1, 0.15) is 0 Å². The monoisotopic (exact) mass is 290 g/mol. The molecule has 84 valence electrons. The molecule has 1 aromatic rings. The highest BCUT2D eigenvalue weighted by atomic mass is 79.9. The molecule has 0 aliphatic rings. The molecule has 0 saturated heterocycles. The van der Waals surface area contributed by atoms with Gasteiger partial charge in [-0.2, -0.15) is 11.8 Å². The number of halogens is 1. The summed E-state index contributed by atoms with van der Waals surface area (Å²) in [6.45, 7) is 0.710. The summed E-state index contributed by atoms with van der Waals surface area (Å²) in [5.74, 6) is 2.64. The van der Waals surface area contributed by atoms with Crippen LogP contribution in [0.3, 0.4) is 0 Å². The van der Waals surface area contributed by atoms with E-state index in [0.29, 0.717) is 6.61 Å². The topological polar surface area (TPSA) is 18.5 Å². The summed E-state index contributed by atoms with van der Waals surface area (Å²) in [7, 11) is 1.66. The maximum Gasteiger partial charge on any atom is 0.165 e. The molecule has 0 amide bonds. The molecule has 0 aliphatic carbocycles. The van der Waals surface area contributed by atoms with Crippen molar-refractivity contribution in [1.82, 2.24) is 0 Å². The zero-order valence-corrected chi connectivity index (χ0v) is 11.4. The fourth-order valence-electron chi connectivity index (χ4n) is 1.22. The van der Waals surface area contributed by atoms with E-state index in [1.54, 1.807) is 18.9 Å². The van der Waals surface area contributed by atoms with Gasteiger partial charge in [-0.3, -0.25) is 0 Å². The van der Waals surface area contributed by atoms with Crippen molar-refractivity contribution in [1.29, 1.82) is 0 Å². The lowest BCUT2D eigenvalue weighted by atomic mass is 10.2. The van der Waals surface area contributed by atoms with Crippen molar-refractivity contribution in [3.63, 3.8) is 0 Å². The molecule has 0 radical (unpaired) electrons. The second-order valence-electron chi connectivity index (χ2n) is 2.92. The maximum atomic E-state index is 5.71. The van der Waals surface area contributed by atoms with Crippen LogP contribution in [-0.2, 0) is 5.33 Å². The van der Waals surface area contributed by atoms with Crippen molar-refractivity contribution in [2.45, 2.75) is 5.33 Å². The van der Waals surface area contributed by atoms with Crippen LogP contribution in [0.15, 0.2) is 18.2 Å². The molecule has 0 heterocycles. The van der Waals surface area contributed by atoms with Gasteiger partial charge in [0.2, 0.25) is 0 Å². The normalized spacial score (nSPS) is 10.1. The van der Waals surface area contributed by atoms with Gasteiger partial charge >= 0.3 is 0 Å². The Morgan fingerprint density at radius 2 is 2.20 bits per heavy atom. The van der Waals surface area contributed by atoms with Crippen molar-refractivity contribution >= 4 is 27.7 Å². The Kier molecular flexibility index (Phi) is 5.95. The van der Waals surface area contributed by atoms with Gasteiger partial charge in [-0.25, -0.2) is 0 Å². The predicted octanol–water partition coefficient (Wildman–Crippen LogP) is 3.33. The van der Waals surface area contributed by atoms with Crippen LogP contribution in [0.5, 0.6) is 11.5 Å². The molecular weight excluding hydrogens is 276 g/mol. The standard InChI is InChI=1S/C11H15BrO2S/c1-13-10-5-3-4-9(8-12)11(10)14-6-7-15-2/h3-5H,6-8H2,1-2H3. The van der Waals surface area contributed by atoms with Crippen LogP contribution < -0.4 is 9.47 Å². The smallest absolute Gasteiger partial charge is 0.165 e. The Morgan fingerprint density at radius 1 is 1.40 bits per heavy atom. The van der Waals surface area contributed by atoms with E-state index < -0.39 is 0 Å². The van der Waals surface area contributed by atoms with Crippen molar-refractivity contribution in [2.24, 2.45) is 0 Å².